The molecule has 0 aromatic heterocycles. The monoisotopic (exact) mass is 182 g/mol. The summed E-state index contributed by atoms with van der Waals surface area (Å²) < 4.78 is 5.45. The van der Waals surface area contributed by atoms with E-state index in [-0.39, 0.29) is 5.91 Å². The third-order valence-corrected chi connectivity index (χ3v) is 2.64. The van der Waals surface area contributed by atoms with E-state index in [0.29, 0.717) is 12.1 Å². The minimum atomic E-state index is -0.374. The number of fused-ring (bicyclic) bond motifs is 2. The number of hydrogen-bond acceptors (Lipinski definition) is 3. The van der Waals surface area contributed by atoms with Crippen LogP contribution in [0.15, 0.2) is 12.2 Å². The molecule has 2 N–H and O–H groups in total. The summed E-state index contributed by atoms with van der Waals surface area (Å²) in [7, 11) is 0. The van der Waals surface area contributed by atoms with Gasteiger partial charge in [0.15, 0.2) is 0 Å². The average molecular weight is 182 g/mol. The molecular formula is C9H14N2O2. The van der Waals surface area contributed by atoms with Crippen LogP contribution in [0.5, 0.6) is 0 Å². The van der Waals surface area contributed by atoms with Gasteiger partial charge in [-0.15, -0.1) is 0 Å². The Morgan fingerprint density at radius 2 is 2.54 bits per heavy atom. The van der Waals surface area contributed by atoms with Crippen molar-refractivity contribution in [1.29, 1.82) is 0 Å². The molecule has 0 aromatic rings. The van der Waals surface area contributed by atoms with Crippen LogP contribution >= 0.6 is 0 Å². The maximum absolute atomic E-state index is 10.4. The lowest BCUT2D eigenvalue weighted by molar-refractivity contribution is -0.113. The van der Waals surface area contributed by atoms with Gasteiger partial charge in [-0.05, 0) is 12.5 Å². The molecule has 1 amide bonds. The number of carbonyl (C=O) groups excluding carboxylic acids is 1. The van der Waals surface area contributed by atoms with Gasteiger partial charge in [-0.3, -0.25) is 9.69 Å². The molecule has 2 rings (SSSR count). The van der Waals surface area contributed by atoms with Crippen molar-refractivity contribution in [3.05, 3.63) is 12.2 Å². The van der Waals surface area contributed by atoms with Crippen molar-refractivity contribution in [1.82, 2.24) is 4.90 Å². The molecule has 13 heavy (non-hydrogen) atoms. The summed E-state index contributed by atoms with van der Waals surface area (Å²) in [6, 6.07) is 0.558. The molecule has 4 nitrogen and oxygen atoms in total. The zero-order chi connectivity index (χ0) is 9.26. The van der Waals surface area contributed by atoms with E-state index in [1.807, 2.05) is 6.08 Å². The van der Waals surface area contributed by atoms with Crippen molar-refractivity contribution in [2.45, 2.75) is 18.6 Å². The lowest BCUT2D eigenvalue weighted by Crippen LogP contribution is -2.36. The summed E-state index contributed by atoms with van der Waals surface area (Å²) in [5, 5.41) is 0. The van der Waals surface area contributed by atoms with E-state index in [0.717, 1.165) is 26.1 Å². The fourth-order valence-corrected chi connectivity index (χ4v) is 2.01. The third kappa shape index (κ3) is 1.89. The minimum absolute atomic E-state index is 0.374. The van der Waals surface area contributed by atoms with E-state index in [1.165, 1.54) is 6.08 Å². The van der Waals surface area contributed by atoms with Crippen LogP contribution in [-0.2, 0) is 9.53 Å². The van der Waals surface area contributed by atoms with E-state index in [4.69, 9.17) is 10.5 Å². The predicted octanol–water partition coefficient (Wildman–Crippen LogP) is -0.499. The molecule has 72 valence electrons. The highest BCUT2D eigenvalue weighted by atomic mass is 16.5. The molecular weight excluding hydrogens is 168 g/mol. The molecule has 2 saturated heterocycles. The molecule has 0 aromatic carbocycles. The van der Waals surface area contributed by atoms with Gasteiger partial charge in [-0.25, -0.2) is 0 Å². The molecule has 2 atom stereocenters. The lowest BCUT2D eigenvalue weighted by Gasteiger charge is -2.24. The Bertz CT molecular complexity index is 240. The van der Waals surface area contributed by atoms with Gasteiger partial charge in [-0.2, -0.15) is 0 Å². The molecule has 2 aliphatic rings. The van der Waals surface area contributed by atoms with Crippen molar-refractivity contribution in [2.24, 2.45) is 5.73 Å². The molecule has 0 radical (unpaired) electrons. The van der Waals surface area contributed by atoms with Gasteiger partial charge in [0, 0.05) is 19.1 Å². The van der Waals surface area contributed by atoms with Crippen LogP contribution in [-0.4, -0.2) is 42.6 Å². The molecule has 4 heteroatoms. The summed E-state index contributed by atoms with van der Waals surface area (Å²) >= 11 is 0. The minimum Gasteiger partial charge on any atom is -0.375 e. The highest BCUT2D eigenvalue weighted by Gasteiger charge is 2.37. The van der Waals surface area contributed by atoms with E-state index in [9.17, 15) is 4.79 Å². The number of ether oxygens (including phenoxy) is 1. The molecule has 0 aliphatic carbocycles. The van der Waals surface area contributed by atoms with Gasteiger partial charge in [-0.1, -0.05) is 6.08 Å². The first-order valence-corrected chi connectivity index (χ1v) is 4.57. The summed E-state index contributed by atoms with van der Waals surface area (Å²) in [6.45, 7) is 2.65. The summed E-state index contributed by atoms with van der Waals surface area (Å²) in [5.74, 6) is -0.374. The van der Waals surface area contributed by atoms with Crippen LogP contribution < -0.4 is 5.73 Å². The van der Waals surface area contributed by atoms with Crippen LogP contribution in [0.1, 0.15) is 6.42 Å². The van der Waals surface area contributed by atoms with Crippen molar-refractivity contribution < 1.29 is 9.53 Å². The first kappa shape index (κ1) is 8.72. The lowest BCUT2D eigenvalue weighted by atomic mass is 10.2. The second kappa shape index (κ2) is 3.47. The number of amides is 1. The zero-order valence-electron chi connectivity index (χ0n) is 7.48. The Kier molecular flexibility index (Phi) is 2.33. The van der Waals surface area contributed by atoms with Crippen LogP contribution in [0.4, 0.5) is 0 Å². The van der Waals surface area contributed by atoms with E-state index < -0.39 is 0 Å². The number of hydrogen-bond donors (Lipinski definition) is 1. The number of carbonyl (C=O) groups is 1. The first-order valence-electron chi connectivity index (χ1n) is 4.57. The molecule has 0 spiro atoms. The van der Waals surface area contributed by atoms with E-state index in [1.54, 1.807) is 0 Å². The van der Waals surface area contributed by atoms with Gasteiger partial charge in [0.1, 0.15) is 0 Å². The van der Waals surface area contributed by atoms with Gasteiger partial charge in [0.2, 0.25) is 5.91 Å². The topological polar surface area (TPSA) is 55.6 Å². The Morgan fingerprint density at radius 1 is 1.69 bits per heavy atom. The van der Waals surface area contributed by atoms with Gasteiger partial charge >= 0.3 is 0 Å². The Balaban J connectivity index is 1.80. The fourth-order valence-electron chi connectivity index (χ4n) is 2.01. The second-order valence-electron chi connectivity index (χ2n) is 3.60. The average Bonchev–Trinajstić information content (AvgIpc) is 2.64. The molecule has 2 bridgehead atoms. The summed E-state index contributed by atoms with van der Waals surface area (Å²) in [4.78, 5) is 12.8. The van der Waals surface area contributed by atoms with Gasteiger partial charge < -0.3 is 10.5 Å². The van der Waals surface area contributed by atoms with Gasteiger partial charge in [0.05, 0.1) is 12.7 Å². The van der Waals surface area contributed by atoms with Crippen LogP contribution in [0, 0.1) is 0 Å². The molecule has 2 heterocycles. The first-order chi connectivity index (χ1) is 6.25. The van der Waals surface area contributed by atoms with Gasteiger partial charge in [0.25, 0.3) is 0 Å². The van der Waals surface area contributed by atoms with Crippen LogP contribution in [0.2, 0.25) is 0 Å². The normalized spacial score (nSPS) is 33.2. The SMILES string of the molecule is NC(=O)/C=C/CN1CC2CC1CO2. The van der Waals surface area contributed by atoms with Crippen molar-refractivity contribution in [3.8, 4) is 0 Å². The van der Waals surface area contributed by atoms with E-state index in [2.05, 4.69) is 4.90 Å². The maximum atomic E-state index is 10.4. The van der Waals surface area contributed by atoms with Crippen LogP contribution in [0.3, 0.4) is 0 Å². The molecule has 2 fully saturated rings. The molecule has 2 aliphatic heterocycles. The number of nitrogens with zero attached hydrogens (tertiary/aromatic N) is 1. The smallest absolute Gasteiger partial charge is 0.241 e. The van der Waals surface area contributed by atoms with Crippen LogP contribution in [0.25, 0.3) is 0 Å². The van der Waals surface area contributed by atoms with Crippen molar-refractivity contribution in [3.63, 3.8) is 0 Å². The highest BCUT2D eigenvalue weighted by Crippen LogP contribution is 2.27. The maximum Gasteiger partial charge on any atom is 0.241 e. The zero-order valence-corrected chi connectivity index (χ0v) is 7.48. The third-order valence-electron chi connectivity index (χ3n) is 2.64. The summed E-state index contributed by atoms with van der Waals surface area (Å²) in [5.41, 5.74) is 4.98. The Labute approximate surface area is 77.3 Å². The van der Waals surface area contributed by atoms with E-state index >= 15 is 0 Å². The summed E-state index contributed by atoms with van der Waals surface area (Å²) in [6.07, 6.45) is 4.81. The number of likely N-dealkylation sites (tertiary alicyclic amines) is 1. The quantitative estimate of drug-likeness (QED) is 0.599. The number of morpholine rings is 1. The van der Waals surface area contributed by atoms with Crippen molar-refractivity contribution in [2.75, 3.05) is 19.7 Å². The standard InChI is InChI=1S/C9H14N2O2/c10-9(12)2-1-3-11-5-8-4-7(11)6-13-8/h1-2,7-8H,3-6H2,(H2,10,12)/b2-1+. The molecule has 2 unspecified atom stereocenters. The predicted molar refractivity (Wildman–Crippen MR) is 48.1 cm³/mol. The van der Waals surface area contributed by atoms with Crippen molar-refractivity contribution >= 4 is 5.91 Å². The molecule has 0 saturated carbocycles. The Hall–Kier alpha value is -0.870. The highest BCUT2D eigenvalue weighted by molar-refractivity contribution is 5.85. The largest absolute Gasteiger partial charge is 0.375 e. The fraction of sp³-hybridized carbons (Fsp3) is 0.667. The number of rotatable bonds is 3. The number of primary amides is 1. The number of nitrogens with two attached hydrogens (primary N) is 1. The Morgan fingerprint density at radius 3 is 3.08 bits per heavy atom. The second-order valence-corrected chi connectivity index (χ2v) is 3.60.